The van der Waals surface area contributed by atoms with Crippen molar-refractivity contribution < 1.29 is 8.78 Å². The lowest BCUT2D eigenvalue weighted by Gasteiger charge is -2.34. The van der Waals surface area contributed by atoms with Gasteiger partial charge in [-0.05, 0) is 36.5 Å². The molecule has 106 valence electrons. The van der Waals surface area contributed by atoms with E-state index in [1.807, 2.05) is 0 Å². The van der Waals surface area contributed by atoms with Crippen LogP contribution in [0.3, 0.4) is 0 Å². The molecule has 0 aliphatic heterocycles. The van der Waals surface area contributed by atoms with Crippen LogP contribution in [0, 0.1) is 5.41 Å². The summed E-state index contributed by atoms with van der Waals surface area (Å²) in [6.07, 6.45) is 3.60. The summed E-state index contributed by atoms with van der Waals surface area (Å²) in [4.78, 5) is 0. The van der Waals surface area contributed by atoms with E-state index in [0.29, 0.717) is 11.4 Å². The molecular formula is C15H22F2N2. The molecule has 1 aliphatic carbocycles. The molecular weight excluding hydrogens is 246 g/mol. The lowest BCUT2D eigenvalue weighted by atomic mass is 9.75. The Bertz CT molecular complexity index is 426. The van der Waals surface area contributed by atoms with E-state index in [0.717, 1.165) is 6.54 Å². The number of hydrogen-bond donors (Lipinski definition) is 2. The molecule has 1 saturated carbocycles. The topological polar surface area (TPSA) is 38.0 Å². The maximum atomic E-state index is 13.0. The molecule has 3 N–H and O–H groups in total. The monoisotopic (exact) mass is 268 g/mol. The highest BCUT2D eigenvalue weighted by Gasteiger charge is 2.27. The van der Waals surface area contributed by atoms with Gasteiger partial charge in [0, 0.05) is 23.5 Å². The van der Waals surface area contributed by atoms with E-state index in [4.69, 9.17) is 5.73 Å². The highest BCUT2D eigenvalue weighted by atomic mass is 19.3. The van der Waals surface area contributed by atoms with Crippen LogP contribution in [0.25, 0.3) is 0 Å². The number of nitrogens with one attached hydrogen (secondary N) is 1. The summed E-state index contributed by atoms with van der Waals surface area (Å²) in [6.45, 7) is 2.98. The molecule has 19 heavy (non-hydrogen) atoms. The molecule has 0 atom stereocenters. The van der Waals surface area contributed by atoms with E-state index in [9.17, 15) is 8.78 Å². The molecule has 1 fully saturated rings. The molecule has 0 spiro atoms. The lowest BCUT2D eigenvalue weighted by molar-refractivity contribution is 0.152. The summed E-state index contributed by atoms with van der Waals surface area (Å²) in [5, 5.41) is 3.20. The average Bonchev–Trinajstić information content (AvgIpc) is 2.38. The van der Waals surface area contributed by atoms with E-state index < -0.39 is 6.43 Å². The fourth-order valence-corrected chi connectivity index (χ4v) is 2.81. The molecule has 1 aromatic carbocycles. The van der Waals surface area contributed by atoms with Crippen LogP contribution in [0.1, 0.15) is 51.0 Å². The average molecular weight is 268 g/mol. The maximum Gasteiger partial charge on any atom is 0.265 e. The number of hydrogen-bond acceptors (Lipinski definition) is 2. The second kappa shape index (κ2) is 5.76. The van der Waals surface area contributed by atoms with Gasteiger partial charge in [-0.25, -0.2) is 8.78 Å². The summed E-state index contributed by atoms with van der Waals surface area (Å²) >= 11 is 0. The van der Waals surface area contributed by atoms with Crippen LogP contribution < -0.4 is 11.1 Å². The van der Waals surface area contributed by atoms with Crippen molar-refractivity contribution in [1.82, 2.24) is 0 Å². The van der Waals surface area contributed by atoms with Gasteiger partial charge in [-0.15, -0.1) is 0 Å². The standard InChI is InChI=1S/C15H22F2N2/c1-15(7-3-2-4-8-15)10-19-13-6-5-11(18)9-12(13)14(16)17/h5-6,9,14,19H,2-4,7-8,10,18H2,1H3. The second-order valence-electron chi connectivity index (χ2n) is 5.87. The Morgan fingerprint density at radius 3 is 2.58 bits per heavy atom. The first-order chi connectivity index (χ1) is 9.00. The normalized spacial score (nSPS) is 18.5. The maximum absolute atomic E-state index is 13.0. The molecule has 0 saturated heterocycles. The summed E-state index contributed by atoms with van der Waals surface area (Å²) in [5.41, 5.74) is 6.68. The van der Waals surface area contributed by atoms with Crippen molar-refractivity contribution in [2.45, 2.75) is 45.5 Å². The van der Waals surface area contributed by atoms with Gasteiger partial charge >= 0.3 is 0 Å². The molecule has 0 amide bonds. The Balaban J connectivity index is 2.06. The van der Waals surface area contributed by atoms with Crippen molar-refractivity contribution in [2.24, 2.45) is 5.41 Å². The van der Waals surface area contributed by atoms with Crippen LogP contribution in [0.4, 0.5) is 20.2 Å². The number of anilines is 2. The van der Waals surface area contributed by atoms with Gasteiger partial charge < -0.3 is 11.1 Å². The van der Waals surface area contributed by atoms with Crippen LogP contribution in [0.5, 0.6) is 0 Å². The summed E-state index contributed by atoms with van der Waals surface area (Å²) in [6, 6.07) is 4.68. The molecule has 0 radical (unpaired) electrons. The van der Waals surface area contributed by atoms with Crippen molar-refractivity contribution in [3.8, 4) is 0 Å². The molecule has 1 aromatic rings. The number of halogens is 2. The zero-order valence-corrected chi connectivity index (χ0v) is 11.4. The van der Waals surface area contributed by atoms with Crippen LogP contribution in [0.15, 0.2) is 18.2 Å². The van der Waals surface area contributed by atoms with Gasteiger partial charge in [0.15, 0.2) is 0 Å². The van der Waals surface area contributed by atoms with Crippen molar-refractivity contribution in [1.29, 1.82) is 0 Å². The van der Waals surface area contributed by atoms with Gasteiger partial charge in [0.05, 0.1) is 0 Å². The quantitative estimate of drug-likeness (QED) is 0.784. The predicted molar refractivity (Wildman–Crippen MR) is 75.5 cm³/mol. The first-order valence-corrected chi connectivity index (χ1v) is 6.92. The Labute approximate surface area is 113 Å². The van der Waals surface area contributed by atoms with E-state index in [2.05, 4.69) is 12.2 Å². The Morgan fingerprint density at radius 1 is 1.26 bits per heavy atom. The molecule has 2 nitrogen and oxygen atoms in total. The van der Waals surface area contributed by atoms with Gasteiger partial charge in [0.2, 0.25) is 0 Å². The largest absolute Gasteiger partial charge is 0.399 e. The zero-order valence-electron chi connectivity index (χ0n) is 11.4. The Hall–Kier alpha value is -1.32. The van der Waals surface area contributed by atoms with Gasteiger partial charge in [-0.2, -0.15) is 0 Å². The Kier molecular flexibility index (Phi) is 4.27. The number of alkyl halides is 2. The minimum atomic E-state index is -2.50. The van der Waals surface area contributed by atoms with Gasteiger partial charge in [-0.3, -0.25) is 0 Å². The van der Waals surface area contributed by atoms with Crippen LogP contribution >= 0.6 is 0 Å². The van der Waals surface area contributed by atoms with Crippen LogP contribution in [-0.2, 0) is 0 Å². The molecule has 1 aliphatic rings. The smallest absolute Gasteiger partial charge is 0.265 e. The fourth-order valence-electron chi connectivity index (χ4n) is 2.81. The van der Waals surface area contributed by atoms with E-state index >= 15 is 0 Å². The van der Waals surface area contributed by atoms with Crippen molar-refractivity contribution in [3.05, 3.63) is 23.8 Å². The summed E-state index contributed by atoms with van der Waals surface area (Å²) < 4.78 is 25.9. The third-order valence-corrected chi connectivity index (χ3v) is 4.08. The van der Waals surface area contributed by atoms with E-state index in [1.165, 1.54) is 38.2 Å². The molecule has 2 rings (SSSR count). The third kappa shape index (κ3) is 3.58. The van der Waals surface area contributed by atoms with E-state index in [1.54, 1.807) is 12.1 Å². The predicted octanol–water partition coefficient (Wildman–Crippen LogP) is 4.59. The molecule has 0 heterocycles. The first kappa shape index (κ1) is 14.1. The number of benzene rings is 1. The van der Waals surface area contributed by atoms with E-state index in [-0.39, 0.29) is 11.0 Å². The SMILES string of the molecule is CC1(CNc2ccc(N)cc2C(F)F)CCCCC1. The fraction of sp³-hybridized carbons (Fsp3) is 0.600. The van der Waals surface area contributed by atoms with Crippen LogP contribution in [-0.4, -0.2) is 6.54 Å². The lowest BCUT2D eigenvalue weighted by Crippen LogP contribution is -2.29. The third-order valence-electron chi connectivity index (χ3n) is 4.08. The summed E-state index contributed by atoms with van der Waals surface area (Å²) in [7, 11) is 0. The number of nitrogen functional groups attached to an aromatic ring is 1. The van der Waals surface area contributed by atoms with Gasteiger partial charge in [0.1, 0.15) is 0 Å². The highest BCUT2D eigenvalue weighted by molar-refractivity contribution is 5.58. The Morgan fingerprint density at radius 2 is 1.95 bits per heavy atom. The highest BCUT2D eigenvalue weighted by Crippen LogP contribution is 2.37. The minimum Gasteiger partial charge on any atom is -0.399 e. The van der Waals surface area contributed by atoms with Crippen molar-refractivity contribution in [3.63, 3.8) is 0 Å². The minimum absolute atomic E-state index is 0.000547. The van der Waals surface area contributed by atoms with Gasteiger partial charge in [-0.1, -0.05) is 26.2 Å². The molecule has 0 unspecified atom stereocenters. The molecule has 4 heteroatoms. The van der Waals surface area contributed by atoms with Crippen LogP contribution in [0.2, 0.25) is 0 Å². The van der Waals surface area contributed by atoms with Gasteiger partial charge in [0.25, 0.3) is 6.43 Å². The number of rotatable bonds is 4. The first-order valence-electron chi connectivity index (χ1n) is 6.92. The number of nitrogens with two attached hydrogens (primary N) is 1. The van der Waals surface area contributed by atoms with Crippen molar-refractivity contribution in [2.75, 3.05) is 17.6 Å². The molecule has 0 bridgehead atoms. The zero-order chi connectivity index (χ0) is 13.9. The summed E-state index contributed by atoms with van der Waals surface area (Å²) in [5.74, 6) is 0. The second-order valence-corrected chi connectivity index (χ2v) is 5.87. The van der Waals surface area contributed by atoms with Crippen molar-refractivity contribution >= 4 is 11.4 Å². The molecule has 0 aromatic heterocycles.